The van der Waals surface area contributed by atoms with Gasteiger partial charge in [-0.1, -0.05) is 24.3 Å². The van der Waals surface area contributed by atoms with Crippen LogP contribution in [0.4, 0.5) is 0 Å². The largest absolute Gasteiger partial charge is 0.494 e. The third-order valence-electron chi connectivity index (χ3n) is 3.92. The summed E-state index contributed by atoms with van der Waals surface area (Å²) in [5.74, 6) is 5.43. The summed E-state index contributed by atoms with van der Waals surface area (Å²) in [4.78, 5) is 0. The van der Waals surface area contributed by atoms with Crippen molar-refractivity contribution in [1.29, 1.82) is 0 Å². The molecule has 0 radical (unpaired) electrons. The molecule has 0 unspecified atom stereocenters. The van der Waals surface area contributed by atoms with Crippen molar-refractivity contribution < 1.29 is 9.31 Å². The third-order valence-corrected chi connectivity index (χ3v) is 3.92. The number of hydrazone groups is 1. The van der Waals surface area contributed by atoms with Gasteiger partial charge in [-0.3, -0.25) is 0 Å². The van der Waals surface area contributed by atoms with Crippen LogP contribution in [0.2, 0.25) is 0 Å². The summed E-state index contributed by atoms with van der Waals surface area (Å²) in [6.07, 6.45) is 0. The van der Waals surface area contributed by atoms with Gasteiger partial charge in [-0.15, -0.1) is 5.10 Å². The Kier molecular flexibility index (Phi) is 3.77. The van der Waals surface area contributed by atoms with E-state index in [1.54, 1.807) is 0 Å². The normalized spacial score (nSPS) is 21.1. The molecule has 1 heterocycles. The van der Waals surface area contributed by atoms with E-state index >= 15 is 0 Å². The van der Waals surface area contributed by atoms with Gasteiger partial charge < -0.3 is 15.0 Å². The van der Waals surface area contributed by atoms with Gasteiger partial charge in [0.05, 0.1) is 11.2 Å². The van der Waals surface area contributed by atoms with Crippen LogP contribution in [-0.2, 0) is 9.31 Å². The molecule has 7 heteroatoms. The molecule has 1 aliphatic heterocycles. The lowest BCUT2D eigenvalue weighted by atomic mass is 9.79. The second-order valence-corrected chi connectivity index (χ2v) is 5.84. The Morgan fingerprint density at radius 3 is 2.05 bits per heavy atom. The predicted molar refractivity (Wildman–Crippen MR) is 80.2 cm³/mol. The SMILES string of the molecule is CC1(C)OB(c2ccc(/C(N)=N/NN)cc2)OC1(C)C. The first-order valence-corrected chi connectivity index (χ1v) is 6.51. The molecule has 1 fully saturated rings. The highest BCUT2D eigenvalue weighted by Crippen LogP contribution is 2.36. The minimum absolute atomic E-state index is 0.327. The second kappa shape index (κ2) is 5.08. The first kappa shape index (κ1) is 14.8. The van der Waals surface area contributed by atoms with Crippen LogP contribution in [0.25, 0.3) is 0 Å². The van der Waals surface area contributed by atoms with Gasteiger partial charge in [0.25, 0.3) is 0 Å². The van der Waals surface area contributed by atoms with Crippen molar-refractivity contribution in [3.05, 3.63) is 29.8 Å². The molecule has 0 aromatic heterocycles. The summed E-state index contributed by atoms with van der Waals surface area (Å²) in [5.41, 5.74) is 8.94. The number of benzene rings is 1. The van der Waals surface area contributed by atoms with E-state index in [0.29, 0.717) is 5.84 Å². The van der Waals surface area contributed by atoms with Crippen LogP contribution in [0.15, 0.2) is 29.4 Å². The Morgan fingerprint density at radius 1 is 1.10 bits per heavy atom. The van der Waals surface area contributed by atoms with Gasteiger partial charge >= 0.3 is 7.12 Å². The van der Waals surface area contributed by atoms with Gasteiger partial charge in [0, 0.05) is 5.56 Å². The van der Waals surface area contributed by atoms with Gasteiger partial charge in [-0.05, 0) is 33.2 Å². The Bertz CT molecular complexity index is 498. The van der Waals surface area contributed by atoms with Crippen molar-refractivity contribution in [1.82, 2.24) is 5.53 Å². The van der Waals surface area contributed by atoms with Crippen molar-refractivity contribution in [2.24, 2.45) is 16.7 Å². The second-order valence-electron chi connectivity index (χ2n) is 5.84. The molecule has 0 spiro atoms. The molecule has 20 heavy (non-hydrogen) atoms. The van der Waals surface area contributed by atoms with Gasteiger partial charge in [-0.25, -0.2) is 11.4 Å². The Labute approximate surface area is 119 Å². The maximum absolute atomic E-state index is 5.98. The number of hydrogen-bond donors (Lipinski definition) is 3. The zero-order valence-electron chi connectivity index (χ0n) is 12.3. The van der Waals surface area contributed by atoms with Crippen LogP contribution >= 0.6 is 0 Å². The predicted octanol–water partition coefficient (Wildman–Crippen LogP) is 0.0694. The number of hydrazine groups is 1. The van der Waals surface area contributed by atoms with E-state index in [1.165, 1.54) is 0 Å². The Morgan fingerprint density at radius 2 is 1.60 bits per heavy atom. The zero-order chi connectivity index (χ0) is 15.0. The topological polar surface area (TPSA) is 94.9 Å². The number of hydrogen-bond acceptors (Lipinski definition) is 5. The van der Waals surface area contributed by atoms with Gasteiger partial charge in [-0.2, -0.15) is 0 Å². The highest BCUT2D eigenvalue weighted by Gasteiger charge is 2.51. The van der Waals surface area contributed by atoms with E-state index < -0.39 is 0 Å². The quantitative estimate of drug-likeness (QED) is 0.239. The van der Waals surface area contributed by atoms with Crippen molar-refractivity contribution in [2.45, 2.75) is 38.9 Å². The number of rotatable bonds is 3. The zero-order valence-corrected chi connectivity index (χ0v) is 12.3. The van der Waals surface area contributed by atoms with Crippen LogP contribution < -0.4 is 22.6 Å². The summed E-state index contributed by atoms with van der Waals surface area (Å²) in [5, 5.41) is 3.73. The van der Waals surface area contributed by atoms with Gasteiger partial charge in [0.1, 0.15) is 0 Å². The van der Waals surface area contributed by atoms with Crippen LogP contribution in [0.5, 0.6) is 0 Å². The lowest BCUT2D eigenvalue weighted by Gasteiger charge is -2.32. The molecule has 0 amide bonds. The van der Waals surface area contributed by atoms with Crippen LogP contribution in [0, 0.1) is 0 Å². The summed E-state index contributed by atoms with van der Waals surface area (Å²) in [6.45, 7) is 8.11. The maximum atomic E-state index is 5.98. The van der Waals surface area contributed by atoms with Crippen molar-refractivity contribution >= 4 is 18.4 Å². The van der Waals surface area contributed by atoms with E-state index in [4.69, 9.17) is 20.9 Å². The molecule has 0 aliphatic carbocycles. The number of amidine groups is 1. The summed E-state index contributed by atoms with van der Waals surface area (Å²) in [7, 11) is -0.375. The molecule has 6 nitrogen and oxygen atoms in total. The van der Waals surface area contributed by atoms with Crippen LogP contribution in [0.1, 0.15) is 33.3 Å². The average molecular weight is 276 g/mol. The third kappa shape index (κ3) is 2.65. The van der Waals surface area contributed by atoms with E-state index in [-0.39, 0.29) is 18.3 Å². The fraction of sp³-hybridized carbons (Fsp3) is 0.462. The van der Waals surface area contributed by atoms with Crippen molar-refractivity contribution in [3.63, 3.8) is 0 Å². The first-order valence-electron chi connectivity index (χ1n) is 6.51. The maximum Gasteiger partial charge on any atom is 0.494 e. The molecule has 0 bridgehead atoms. The number of nitrogens with one attached hydrogen (secondary N) is 1. The minimum atomic E-state index is -0.375. The van der Waals surface area contributed by atoms with Gasteiger partial charge in [0.2, 0.25) is 0 Å². The summed E-state index contributed by atoms with van der Waals surface area (Å²) < 4.78 is 12.0. The fourth-order valence-corrected chi connectivity index (χ4v) is 1.92. The van der Waals surface area contributed by atoms with E-state index in [0.717, 1.165) is 11.0 Å². The van der Waals surface area contributed by atoms with Crippen molar-refractivity contribution in [2.75, 3.05) is 0 Å². The van der Waals surface area contributed by atoms with Crippen LogP contribution in [0.3, 0.4) is 0 Å². The Balaban J connectivity index is 2.18. The molecule has 0 atom stereocenters. The molecule has 5 N–H and O–H groups in total. The minimum Gasteiger partial charge on any atom is -0.399 e. The number of nitrogens with two attached hydrogens (primary N) is 2. The molecule has 1 aliphatic rings. The Hall–Kier alpha value is -1.57. The van der Waals surface area contributed by atoms with Crippen molar-refractivity contribution in [3.8, 4) is 0 Å². The smallest absolute Gasteiger partial charge is 0.399 e. The van der Waals surface area contributed by atoms with E-state index in [1.807, 2.05) is 52.0 Å². The van der Waals surface area contributed by atoms with Crippen LogP contribution in [-0.4, -0.2) is 24.2 Å². The molecule has 2 rings (SSSR count). The lowest BCUT2D eigenvalue weighted by molar-refractivity contribution is 0.00578. The molecule has 1 aromatic rings. The summed E-state index contributed by atoms with van der Waals surface area (Å²) >= 11 is 0. The molecule has 108 valence electrons. The monoisotopic (exact) mass is 276 g/mol. The lowest BCUT2D eigenvalue weighted by Crippen LogP contribution is -2.41. The standard InChI is InChI=1S/C13H21BN4O2/c1-12(2)13(3,4)20-14(19-12)10-7-5-9(6-8-10)11(15)17-18-16/h5-8,18H,16H2,1-4H3,(H2,15,17). The molecule has 1 aromatic carbocycles. The van der Waals surface area contributed by atoms with Gasteiger partial charge in [0.15, 0.2) is 5.84 Å². The first-order chi connectivity index (χ1) is 9.27. The summed E-state index contributed by atoms with van der Waals surface area (Å²) in [6, 6.07) is 7.54. The molecule has 1 saturated heterocycles. The molecular weight excluding hydrogens is 255 g/mol. The molecule has 0 saturated carbocycles. The molecular formula is C13H21BN4O2. The van der Waals surface area contributed by atoms with E-state index in [2.05, 4.69) is 10.6 Å². The highest BCUT2D eigenvalue weighted by molar-refractivity contribution is 6.62. The highest BCUT2D eigenvalue weighted by atomic mass is 16.7. The average Bonchev–Trinajstić information content (AvgIpc) is 2.59. The fourth-order valence-electron chi connectivity index (χ4n) is 1.92. The van der Waals surface area contributed by atoms with E-state index in [9.17, 15) is 0 Å². The number of nitrogens with zero attached hydrogens (tertiary/aromatic N) is 1.